The zero-order valence-electron chi connectivity index (χ0n) is 18.8. The Bertz CT molecular complexity index is 981. The Kier molecular flexibility index (Phi) is 6.74. The van der Waals surface area contributed by atoms with Crippen LogP contribution in [0.5, 0.6) is 0 Å². The van der Waals surface area contributed by atoms with Gasteiger partial charge in [-0.25, -0.2) is 9.37 Å². The number of pyridine rings is 1. The highest BCUT2D eigenvalue weighted by molar-refractivity contribution is 5.99. The molecular weight excluding hydrogens is 413 g/mol. The van der Waals surface area contributed by atoms with E-state index in [1.165, 1.54) is 7.11 Å². The summed E-state index contributed by atoms with van der Waals surface area (Å²) in [6, 6.07) is 6.93. The van der Waals surface area contributed by atoms with Gasteiger partial charge in [0.2, 0.25) is 0 Å². The second-order valence-corrected chi connectivity index (χ2v) is 8.65. The predicted molar refractivity (Wildman–Crippen MR) is 120 cm³/mol. The third-order valence-corrected chi connectivity index (χ3v) is 5.91. The summed E-state index contributed by atoms with van der Waals surface area (Å²) < 4.78 is 27.1. The van der Waals surface area contributed by atoms with Crippen molar-refractivity contribution >= 4 is 11.5 Å². The summed E-state index contributed by atoms with van der Waals surface area (Å²) in [5.41, 5.74) is 2.33. The molecule has 0 saturated carbocycles. The molecule has 8 heteroatoms. The van der Waals surface area contributed by atoms with Crippen molar-refractivity contribution in [1.29, 1.82) is 0 Å². The van der Waals surface area contributed by atoms with Gasteiger partial charge in [-0.15, -0.1) is 0 Å². The van der Waals surface area contributed by atoms with E-state index in [-0.39, 0.29) is 18.5 Å². The van der Waals surface area contributed by atoms with Gasteiger partial charge >= 0.3 is 0 Å². The summed E-state index contributed by atoms with van der Waals surface area (Å²) in [5, 5.41) is 13.5. The minimum Gasteiger partial charge on any atom is -0.399 e. The Morgan fingerprint density at radius 3 is 2.81 bits per heavy atom. The number of nitrogens with zero attached hydrogens (tertiary/aromatic N) is 3. The highest BCUT2D eigenvalue weighted by atomic mass is 19.1. The van der Waals surface area contributed by atoms with Crippen LogP contribution in [0.4, 0.5) is 10.2 Å². The van der Waals surface area contributed by atoms with E-state index < -0.39 is 11.4 Å². The maximum Gasteiger partial charge on any atom is 0.158 e. The van der Waals surface area contributed by atoms with Gasteiger partial charge in [0.05, 0.1) is 31.0 Å². The molecule has 0 spiro atoms. The third kappa shape index (κ3) is 4.62. The molecule has 0 aliphatic carbocycles. The van der Waals surface area contributed by atoms with Crippen molar-refractivity contribution in [2.75, 3.05) is 31.7 Å². The van der Waals surface area contributed by atoms with Crippen LogP contribution in [0.25, 0.3) is 11.1 Å². The minimum absolute atomic E-state index is 0.252. The number of hydrogen-bond acceptors (Lipinski definition) is 7. The topological polar surface area (TPSA) is 76.4 Å². The average molecular weight is 444 g/mol. The Morgan fingerprint density at radius 2 is 2.12 bits per heavy atom. The Balaban J connectivity index is 1.72. The second kappa shape index (κ2) is 9.52. The number of oxime groups is 1. The zero-order valence-corrected chi connectivity index (χ0v) is 18.8. The molecule has 2 saturated heterocycles. The first-order valence-corrected chi connectivity index (χ1v) is 11.0. The van der Waals surface area contributed by atoms with Crippen LogP contribution >= 0.6 is 0 Å². The molecule has 1 unspecified atom stereocenters. The molecule has 1 aromatic carbocycles. The molecule has 172 valence electrons. The first-order valence-electron chi connectivity index (χ1n) is 11.0. The quantitative estimate of drug-likeness (QED) is 0.653. The number of halogens is 1. The SMILES string of the molecule is CON=C1CN(c2ncc(-c3cccc(CO)c3F)cc2C(C)(C)OC2CCCCO2)C1. The molecule has 4 rings (SSSR count). The number of anilines is 1. The van der Waals surface area contributed by atoms with Crippen molar-refractivity contribution in [2.45, 2.75) is 51.6 Å². The fraction of sp³-hybridized carbons (Fsp3) is 0.500. The van der Waals surface area contributed by atoms with Gasteiger partial charge in [0.15, 0.2) is 6.29 Å². The standard InChI is InChI=1S/C24H30FN3O4/c1-24(2,32-21-9-4-5-10-31-21)20-11-17(19-8-6-7-16(15-29)22(19)25)12-26-23(20)28-13-18(14-28)27-30-3/h6-8,11-12,21,29H,4-5,9-10,13-15H2,1-3H3. The third-order valence-electron chi connectivity index (χ3n) is 5.91. The molecule has 1 N–H and O–H groups in total. The summed E-state index contributed by atoms with van der Waals surface area (Å²) in [6.45, 7) is 5.52. The molecular formula is C24H30FN3O4. The van der Waals surface area contributed by atoms with Gasteiger partial charge in [-0.05, 0) is 39.2 Å². The van der Waals surface area contributed by atoms with Crippen LogP contribution in [-0.2, 0) is 26.5 Å². The maximum atomic E-state index is 15.0. The highest BCUT2D eigenvalue weighted by Gasteiger charge is 2.35. The van der Waals surface area contributed by atoms with E-state index in [9.17, 15) is 9.50 Å². The van der Waals surface area contributed by atoms with Gasteiger partial charge in [0.1, 0.15) is 18.7 Å². The van der Waals surface area contributed by atoms with Crippen LogP contribution in [0.3, 0.4) is 0 Å². The minimum atomic E-state index is -0.723. The highest BCUT2D eigenvalue weighted by Crippen LogP contribution is 2.38. The fourth-order valence-corrected chi connectivity index (χ4v) is 4.15. The van der Waals surface area contributed by atoms with Crippen LogP contribution in [0.2, 0.25) is 0 Å². The number of aliphatic hydroxyl groups is 1. The summed E-state index contributed by atoms with van der Waals surface area (Å²) in [4.78, 5) is 11.7. The number of aromatic nitrogens is 1. The number of aliphatic hydroxyl groups excluding tert-OH is 1. The summed E-state index contributed by atoms with van der Waals surface area (Å²) in [5.74, 6) is 0.326. The molecule has 2 aromatic rings. The Morgan fingerprint density at radius 1 is 1.31 bits per heavy atom. The Labute approximate surface area is 187 Å². The molecule has 0 bridgehead atoms. The number of benzene rings is 1. The van der Waals surface area contributed by atoms with Gasteiger partial charge in [-0.2, -0.15) is 0 Å². The lowest BCUT2D eigenvalue weighted by Gasteiger charge is -2.39. The zero-order chi connectivity index (χ0) is 22.7. The smallest absolute Gasteiger partial charge is 0.158 e. The molecule has 2 fully saturated rings. The van der Waals surface area contributed by atoms with Gasteiger partial charge in [-0.1, -0.05) is 23.4 Å². The second-order valence-electron chi connectivity index (χ2n) is 8.65. The summed E-state index contributed by atoms with van der Waals surface area (Å²) in [6.07, 6.45) is 4.32. The van der Waals surface area contributed by atoms with Crippen LogP contribution in [0.1, 0.15) is 44.2 Å². The summed E-state index contributed by atoms with van der Waals surface area (Å²) >= 11 is 0. The molecule has 1 atom stereocenters. The van der Waals surface area contributed by atoms with Crippen molar-refractivity contribution in [3.8, 4) is 11.1 Å². The first kappa shape index (κ1) is 22.6. The van der Waals surface area contributed by atoms with Crippen molar-refractivity contribution in [3.63, 3.8) is 0 Å². The van der Waals surface area contributed by atoms with Crippen LogP contribution in [0.15, 0.2) is 35.6 Å². The maximum absolute atomic E-state index is 15.0. The van der Waals surface area contributed by atoms with E-state index in [1.54, 1.807) is 24.4 Å². The largest absolute Gasteiger partial charge is 0.399 e. The molecule has 1 aromatic heterocycles. The van der Waals surface area contributed by atoms with E-state index >= 15 is 0 Å². The lowest BCUT2D eigenvalue weighted by molar-refractivity contribution is -0.218. The molecule has 2 aliphatic heterocycles. The monoisotopic (exact) mass is 443 g/mol. The van der Waals surface area contributed by atoms with Crippen molar-refractivity contribution in [1.82, 2.24) is 4.98 Å². The molecule has 7 nitrogen and oxygen atoms in total. The lowest BCUT2D eigenvalue weighted by Crippen LogP contribution is -2.49. The van der Waals surface area contributed by atoms with Gasteiger partial charge in [-0.3, -0.25) is 0 Å². The first-order chi connectivity index (χ1) is 15.4. The van der Waals surface area contributed by atoms with E-state index in [2.05, 4.69) is 10.1 Å². The Hall–Kier alpha value is -2.55. The van der Waals surface area contributed by atoms with E-state index in [0.29, 0.717) is 30.8 Å². The van der Waals surface area contributed by atoms with E-state index in [0.717, 1.165) is 36.4 Å². The van der Waals surface area contributed by atoms with Gasteiger partial charge < -0.3 is 24.3 Å². The fourth-order valence-electron chi connectivity index (χ4n) is 4.15. The van der Waals surface area contributed by atoms with Crippen molar-refractivity contribution < 1.29 is 23.8 Å². The number of rotatable bonds is 7. The van der Waals surface area contributed by atoms with Crippen molar-refractivity contribution in [3.05, 3.63) is 47.4 Å². The predicted octanol–water partition coefficient (Wildman–Crippen LogP) is 3.98. The number of hydrogen-bond donors (Lipinski definition) is 1. The molecule has 0 radical (unpaired) electrons. The summed E-state index contributed by atoms with van der Waals surface area (Å²) in [7, 11) is 1.53. The van der Waals surface area contributed by atoms with Crippen LogP contribution in [0, 0.1) is 5.82 Å². The van der Waals surface area contributed by atoms with E-state index in [1.807, 2.05) is 19.9 Å². The molecule has 2 aliphatic rings. The number of ether oxygens (including phenoxy) is 2. The van der Waals surface area contributed by atoms with Gasteiger partial charge in [0, 0.05) is 35.1 Å². The molecule has 32 heavy (non-hydrogen) atoms. The van der Waals surface area contributed by atoms with Crippen LogP contribution in [-0.4, -0.2) is 48.9 Å². The molecule has 3 heterocycles. The normalized spacial score (nSPS) is 19.0. The molecule has 0 amide bonds. The van der Waals surface area contributed by atoms with Crippen molar-refractivity contribution in [2.24, 2.45) is 5.16 Å². The van der Waals surface area contributed by atoms with Gasteiger partial charge in [0.25, 0.3) is 0 Å². The van der Waals surface area contributed by atoms with E-state index in [4.69, 9.17) is 19.3 Å². The average Bonchev–Trinajstić information content (AvgIpc) is 2.76. The lowest BCUT2D eigenvalue weighted by atomic mass is 9.93. The van der Waals surface area contributed by atoms with Crippen LogP contribution < -0.4 is 4.90 Å².